The summed E-state index contributed by atoms with van der Waals surface area (Å²) >= 11 is 0. The minimum absolute atomic E-state index is 0.741. The molecule has 0 aliphatic heterocycles. The van der Waals surface area contributed by atoms with Gasteiger partial charge in [0.15, 0.2) is 6.29 Å². The summed E-state index contributed by atoms with van der Waals surface area (Å²) in [5.41, 5.74) is 1.72. The number of rotatable bonds is 2. The van der Waals surface area contributed by atoms with Crippen molar-refractivity contribution in [3.63, 3.8) is 0 Å². The summed E-state index contributed by atoms with van der Waals surface area (Å²) in [6.07, 6.45) is 4.71. The predicted molar refractivity (Wildman–Crippen MR) is 46.5 cm³/mol. The Morgan fingerprint density at radius 2 is 1.82 bits per heavy atom. The molecule has 1 nitrogen and oxygen atoms in total. The van der Waals surface area contributed by atoms with E-state index in [4.69, 9.17) is 0 Å². The number of aldehydes is 1. The molecule has 0 aromatic heterocycles. The highest BCUT2D eigenvalue weighted by molar-refractivity contribution is 5.81. The van der Waals surface area contributed by atoms with E-state index in [2.05, 4.69) is 0 Å². The lowest BCUT2D eigenvalue weighted by atomic mass is 10.1. The monoisotopic (exact) mass is 146 g/mol. The van der Waals surface area contributed by atoms with Gasteiger partial charge in [-0.25, -0.2) is 0 Å². The Bertz CT molecular complexity index is 274. The molecule has 0 spiro atoms. The molecule has 1 aromatic carbocycles. The number of carbonyl (C=O) groups is 1. The van der Waals surface area contributed by atoms with Crippen LogP contribution in [0, 0.1) is 0 Å². The van der Waals surface area contributed by atoms with Gasteiger partial charge in [-0.15, -0.1) is 0 Å². The van der Waals surface area contributed by atoms with Crippen molar-refractivity contribution in [1.82, 2.24) is 0 Å². The van der Waals surface area contributed by atoms with Gasteiger partial charge in [0.1, 0.15) is 0 Å². The third-order valence-electron chi connectivity index (χ3n) is 1.47. The lowest BCUT2D eigenvalue weighted by Crippen LogP contribution is -1.83. The van der Waals surface area contributed by atoms with Crippen LogP contribution in [0.1, 0.15) is 22.8 Å². The maximum Gasteiger partial charge on any atom is 0.150 e. The highest BCUT2D eigenvalue weighted by atomic mass is 16.1. The van der Waals surface area contributed by atoms with Crippen molar-refractivity contribution in [3.05, 3.63) is 41.5 Å². The summed E-state index contributed by atoms with van der Waals surface area (Å²) in [6.45, 7) is 1.93. The van der Waals surface area contributed by atoms with Gasteiger partial charge in [0.25, 0.3) is 0 Å². The van der Waals surface area contributed by atoms with Gasteiger partial charge < -0.3 is 0 Å². The molecule has 56 valence electrons. The smallest absolute Gasteiger partial charge is 0.150 e. The fourth-order valence-electron chi connectivity index (χ4n) is 0.950. The lowest BCUT2D eigenvalue weighted by molar-refractivity contribution is 0.112. The quantitative estimate of drug-likeness (QED) is 0.586. The second kappa shape index (κ2) is 3.71. The van der Waals surface area contributed by atoms with Gasteiger partial charge in [0.2, 0.25) is 0 Å². The first-order valence-corrected chi connectivity index (χ1v) is 3.55. The molecule has 0 aliphatic carbocycles. The molecule has 0 unspecified atom stereocenters. The Kier molecular flexibility index (Phi) is 2.61. The molecule has 11 heavy (non-hydrogen) atoms. The second-order valence-corrected chi connectivity index (χ2v) is 2.25. The summed E-state index contributed by atoms with van der Waals surface area (Å²) < 4.78 is 0. The van der Waals surface area contributed by atoms with E-state index in [0.717, 1.165) is 17.4 Å². The van der Waals surface area contributed by atoms with Crippen LogP contribution < -0.4 is 0 Å². The van der Waals surface area contributed by atoms with Crippen molar-refractivity contribution >= 4 is 12.4 Å². The molecule has 0 amide bonds. The zero-order valence-corrected chi connectivity index (χ0v) is 6.45. The van der Waals surface area contributed by atoms with Crippen LogP contribution in [-0.2, 0) is 0 Å². The van der Waals surface area contributed by atoms with Crippen molar-refractivity contribution in [2.24, 2.45) is 0 Å². The fourth-order valence-corrected chi connectivity index (χ4v) is 0.950. The number of hydrogen-bond donors (Lipinski definition) is 0. The lowest BCUT2D eigenvalue weighted by Gasteiger charge is -1.95. The van der Waals surface area contributed by atoms with Crippen LogP contribution in [0.3, 0.4) is 0 Å². The Morgan fingerprint density at radius 1 is 1.18 bits per heavy atom. The summed E-state index contributed by atoms with van der Waals surface area (Å²) in [5, 5.41) is 0. The molecule has 0 radical (unpaired) electrons. The molecule has 0 saturated heterocycles. The molecule has 0 heterocycles. The van der Waals surface area contributed by atoms with Gasteiger partial charge in [-0.1, -0.05) is 36.4 Å². The number of carbonyl (C=O) groups excluding carboxylic acids is 1. The minimum atomic E-state index is 0.741. The fraction of sp³-hybridized carbons (Fsp3) is 0.100. The minimum Gasteiger partial charge on any atom is -0.298 e. The number of allylic oxidation sites excluding steroid dienone is 1. The van der Waals surface area contributed by atoms with E-state index in [-0.39, 0.29) is 0 Å². The third kappa shape index (κ3) is 1.77. The maximum atomic E-state index is 10.5. The van der Waals surface area contributed by atoms with Crippen LogP contribution in [0.2, 0.25) is 0 Å². The first-order valence-electron chi connectivity index (χ1n) is 3.55. The van der Waals surface area contributed by atoms with E-state index in [9.17, 15) is 4.79 Å². The van der Waals surface area contributed by atoms with Gasteiger partial charge in [-0.2, -0.15) is 0 Å². The highest BCUT2D eigenvalue weighted by Crippen LogP contribution is 2.07. The van der Waals surface area contributed by atoms with Crippen molar-refractivity contribution in [2.75, 3.05) is 0 Å². The summed E-state index contributed by atoms with van der Waals surface area (Å²) in [5.74, 6) is 0. The van der Waals surface area contributed by atoms with Crippen LogP contribution in [-0.4, -0.2) is 6.29 Å². The van der Waals surface area contributed by atoms with Crippen molar-refractivity contribution < 1.29 is 4.79 Å². The third-order valence-corrected chi connectivity index (χ3v) is 1.47. The van der Waals surface area contributed by atoms with E-state index in [1.165, 1.54) is 0 Å². The molecule has 0 N–H and O–H groups in total. The Balaban J connectivity index is 3.11. The molecule has 1 rings (SSSR count). The predicted octanol–water partition coefficient (Wildman–Crippen LogP) is 2.53. The highest BCUT2D eigenvalue weighted by Gasteiger charge is 1.93. The Morgan fingerprint density at radius 3 is 2.36 bits per heavy atom. The molecular formula is C10H10O. The van der Waals surface area contributed by atoms with E-state index in [0.29, 0.717) is 0 Å². The van der Waals surface area contributed by atoms with Crippen LogP contribution in [0.25, 0.3) is 6.08 Å². The molecule has 0 fully saturated rings. The first kappa shape index (κ1) is 7.73. The van der Waals surface area contributed by atoms with Crippen molar-refractivity contribution in [2.45, 2.75) is 6.92 Å². The second-order valence-electron chi connectivity index (χ2n) is 2.25. The topological polar surface area (TPSA) is 17.1 Å². The van der Waals surface area contributed by atoms with Crippen LogP contribution in [0.15, 0.2) is 30.3 Å². The average Bonchev–Trinajstić information content (AvgIpc) is 2.06. The summed E-state index contributed by atoms with van der Waals surface area (Å²) in [6, 6.07) is 7.51. The Hall–Kier alpha value is -1.37. The van der Waals surface area contributed by atoms with Crippen molar-refractivity contribution in [1.29, 1.82) is 0 Å². The standard InChI is InChI=1S/C10H10O/c1-2-5-9-6-3-4-7-10(9)8-11/h2-8H,1H3/b5-2+. The molecule has 0 aliphatic rings. The molecule has 0 atom stereocenters. The van der Waals surface area contributed by atoms with Gasteiger partial charge in [0.05, 0.1) is 0 Å². The summed E-state index contributed by atoms with van der Waals surface area (Å²) in [4.78, 5) is 10.5. The largest absolute Gasteiger partial charge is 0.298 e. The maximum absolute atomic E-state index is 10.5. The molecule has 1 heteroatoms. The van der Waals surface area contributed by atoms with Gasteiger partial charge in [-0.3, -0.25) is 4.79 Å². The average molecular weight is 146 g/mol. The summed E-state index contributed by atoms with van der Waals surface area (Å²) in [7, 11) is 0. The molecule has 0 bridgehead atoms. The normalized spacial score (nSPS) is 10.3. The number of benzene rings is 1. The van der Waals surface area contributed by atoms with Gasteiger partial charge >= 0.3 is 0 Å². The van der Waals surface area contributed by atoms with Crippen LogP contribution in [0.4, 0.5) is 0 Å². The van der Waals surface area contributed by atoms with Crippen LogP contribution >= 0.6 is 0 Å². The molecule has 1 aromatic rings. The SMILES string of the molecule is C/C=C/c1ccccc1C=O. The first-order chi connectivity index (χ1) is 5.38. The van der Waals surface area contributed by atoms with E-state index in [1.54, 1.807) is 0 Å². The van der Waals surface area contributed by atoms with Gasteiger partial charge in [-0.05, 0) is 12.5 Å². The zero-order chi connectivity index (χ0) is 8.10. The van der Waals surface area contributed by atoms with E-state index in [1.807, 2.05) is 43.3 Å². The zero-order valence-electron chi connectivity index (χ0n) is 6.45. The number of hydrogen-bond acceptors (Lipinski definition) is 1. The van der Waals surface area contributed by atoms with Crippen LogP contribution in [0.5, 0.6) is 0 Å². The van der Waals surface area contributed by atoms with Crippen molar-refractivity contribution in [3.8, 4) is 0 Å². The molecule has 0 saturated carbocycles. The molecular weight excluding hydrogens is 136 g/mol. The van der Waals surface area contributed by atoms with Gasteiger partial charge in [0, 0.05) is 5.56 Å². The van der Waals surface area contributed by atoms with E-state index >= 15 is 0 Å². The van der Waals surface area contributed by atoms with E-state index < -0.39 is 0 Å². The Labute approximate surface area is 66.4 Å².